The number of esters is 1. The topological polar surface area (TPSA) is 88.0 Å². The molecule has 9 heteroatoms. The Labute approximate surface area is 147 Å². The maximum atomic E-state index is 11.8. The zero-order chi connectivity index (χ0) is 17.7. The number of aliphatic hydroxyl groups excluding tert-OH is 1. The van der Waals surface area contributed by atoms with Gasteiger partial charge in [-0.1, -0.05) is 34.8 Å². The Kier molecular flexibility index (Phi) is 6.87. The summed E-state index contributed by atoms with van der Waals surface area (Å²) in [7, 11) is 2.57. The largest absolute Gasteiger partial charge is 0.512 e. The van der Waals surface area contributed by atoms with Crippen molar-refractivity contribution >= 4 is 58.6 Å². The van der Waals surface area contributed by atoms with Gasteiger partial charge in [-0.3, -0.25) is 9.79 Å². The maximum Gasteiger partial charge on any atom is 0.342 e. The molecule has 0 bridgehead atoms. The van der Waals surface area contributed by atoms with Crippen molar-refractivity contribution in [3.63, 3.8) is 0 Å². The molecule has 0 aliphatic carbocycles. The summed E-state index contributed by atoms with van der Waals surface area (Å²) in [4.78, 5) is 27.4. The minimum absolute atomic E-state index is 0.0166. The Bertz CT molecular complexity index is 710. The van der Waals surface area contributed by atoms with Crippen LogP contribution in [0.1, 0.15) is 17.3 Å². The van der Waals surface area contributed by atoms with E-state index in [2.05, 4.69) is 15.0 Å². The summed E-state index contributed by atoms with van der Waals surface area (Å²) < 4.78 is 4.52. The number of halogens is 3. The van der Waals surface area contributed by atoms with Crippen molar-refractivity contribution in [1.82, 2.24) is 5.32 Å². The molecule has 1 aromatic carbocycles. The van der Waals surface area contributed by atoms with Gasteiger partial charge in [0.2, 0.25) is 0 Å². The van der Waals surface area contributed by atoms with E-state index in [1.807, 2.05) is 0 Å². The van der Waals surface area contributed by atoms with Crippen LogP contribution < -0.4 is 5.32 Å². The summed E-state index contributed by atoms with van der Waals surface area (Å²) in [6, 6.07) is 1.33. The number of amides is 1. The molecule has 0 heterocycles. The number of methoxy groups -OCH3 is 1. The first-order chi connectivity index (χ1) is 10.7. The molecule has 124 valence electrons. The third-order valence-corrected chi connectivity index (χ3v) is 3.89. The van der Waals surface area contributed by atoms with Crippen LogP contribution in [0.5, 0.6) is 0 Å². The van der Waals surface area contributed by atoms with Crippen LogP contribution in [0.25, 0.3) is 0 Å². The summed E-state index contributed by atoms with van der Waals surface area (Å²) in [5.74, 6) is -1.61. The van der Waals surface area contributed by atoms with Gasteiger partial charge in [-0.2, -0.15) is 0 Å². The van der Waals surface area contributed by atoms with E-state index < -0.39 is 11.9 Å². The molecule has 2 N–H and O–H groups in total. The van der Waals surface area contributed by atoms with Gasteiger partial charge in [-0.25, -0.2) is 4.79 Å². The Morgan fingerprint density at radius 2 is 1.91 bits per heavy atom. The van der Waals surface area contributed by atoms with Crippen molar-refractivity contribution in [2.24, 2.45) is 4.99 Å². The van der Waals surface area contributed by atoms with Crippen LogP contribution in [0.4, 0.5) is 5.69 Å². The van der Waals surface area contributed by atoms with Crippen molar-refractivity contribution in [2.75, 3.05) is 14.2 Å². The number of aliphatic imine (C=N–C) groups is 1. The van der Waals surface area contributed by atoms with Crippen LogP contribution in [0.2, 0.25) is 15.1 Å². The van der Waals surface area contributed by atoms with E-state index >= 15 is 0 Å². The lowest BCUT2D eigenvalue weighted by Crippen LogP contribution is -2.18. The number of ether oxygens (including phenoxy) is 1. The number of carbonyl (C=O) groups excluding carboxylic acids is 2. The molecule has 0 radical (unpaired) electrons. The van der Waals surface area contributed by atoms with Crippen molar-refractivity contribution in [2.45, 2.75) is 6.92 Å². The van der Waals surface area contributed by atoms with Gasteiger partial charge in [0, 0.05) is 13.3 Å². The van der Waals surface area contributed by atoms with E-state index in [0.717, 1.165) is 13.3 Å². The Hall–Kier alpha value is -1.76. The number of nitrogens with zero attached hydrogens (tertiary/aromatic N) is 1. The molecule has 0 fully saturated rings. The van der Waals surface area contributed by atoms with E-state index in [0.29, 0.717) is 0 Å². The lowest BCUT2D eigenvalue weighted by molar-refractivity contribution is -0.135. The second-order valence-corrected chi connectivity index (χ2v) is 5.37. The summed E-state index contributed by atoms with van der Waals surface area (Å²) in [6.07, 6.45) is 1.06. The minimum Gasteiger partial charge on any atom is -0.512 e. The third-order valence-electron chi connectivity index (χ3n) is 2.72. The summed E-state index contributed by atoms with van der Waals surface area (Å²) in [5.41, 5.74) is -0.113. The van der Waals surface area contributed by atoms with Crippen molar-refractivity contribution in [3.05, 3.63) is 38.0 Å². The lowest BCUT2D eigenvalue weighted by Gasteiger charge is -2.10. The van der Waals surface area contributed by atoms with Crippen LogP contribution in [-0.2, 0) is 9.53 Å². The third kappa shape index (κ3) is 4.37. The second kappa shape index (κ2) is 8.19. The van der Waals surface area contributed by atoms with Gasteiger partial charge in [-0.05, 0) is 13.0 Å². The van der Waals surface area contributed by atoms with Gasteiger partial charge in [0.05, 0.1) is 33.4 Å². The highest BCUT2D eigenvalue weighted by Crippen LogP contribution is 2.38. The molecule has 23 heavy (non-hydrogen) atoms. The molecule has 1 aromatic rings. The van der Waals surface area contributed by atoms with Gasteiger partial charge < -0.3 is 15.2 Å². The number of hydrogen-bond acceptors (Lipinski definition) is 5. The molecule has 0 aliphatic heterocycles. The zero-order valence-corrected chi connectivity index (χ0v) is 14.7. The second-order valence-electron chi connectivity index (χ2n) is 4.21. The number of allylic oxidation sites excluding steroid dienone is 1. The number of rotatable bonds is 4. The average molecular weight is 380 g/mol. The van der Waals surface area contributed by atoms with E-state index in [1.165, 1.54) is 20.0 Å². The molecule has 0 unspecified atom stereocenters. The highest BCUT2D eigenvalue weighted by molar-refractivity contribution is 6.47. The lowest BCUT2D eigenvalue weighted by atomic mass is 10.1. The summed E-state index contributed by atoms with van der Waals surface area (Å²) in [6.45, 7) is 1.30. The molecule has 0 aromatic heterocycles. The molecule has 0 aliphatic rings. The molecule has 0 atom stereocenters. The standard InChI is InChI=1S/C14H13Cl3N2O4/c1-6(20)7(14(22)23-3)5-19-9-4-8(15)11(16)10(12(9)17)13(21)18-2/h4-5,20H,1-3H3,(H,18,21). The molecule has 6 nitrogen and oxygen atoms in total. The maximum absolute atomic E-state index is 11.8. The molecule has 1 rings (SSSR count). The Balaban J connectivity index is 3.43. The summed E-state index contributed by atoms with van der Waals surface area (Å²) in [5, 5.41) is 11.9. The molecule has 0 spiro atoms. The van der Waals surface area contributed by atoms with Crippen LogP contribution in [-0.4, -0.2) is 37.4 Å². The number of aliphatic hydroxyl groups is 1. The molecular formula is C14H13Cl3N2O4. The minimum atomic E-state index is -0.781. The number of carbonyl (C=O) groups is 2. The molecule has 0 saturated carbocycles. The summed E-state index contributed by atoms with van der Waals surface area (Å²) >= 11 is 18.1. The van der Waals surface area contributed by atoms with Gasteiger partial charge in [-0.15, -0.1) is 0 Å². The van der Waals surface area contributed by atoms with Crippen molar-refractivity contribution in [1.29, 1.82) is 0 Å². The monoisotopic (exact) mass is 378 g/mol. The predicted octanol–water partition coefficient (Wildman–Crippen LogP) is 3.71. The fourth-order valence-corrected chi connectivity index (χ4v) is 2.31. The van der Waals surface area contributed by atoms with Crippen molar-refractivity contribution in [3.8, 4) is 0 Å². The molecular weight excluding hydrogens is 367 g/mol. The van der Waals surface area contributed by atoms with E-state index in [-0.39, 0.29) is 37.7 Å². The first-order valence-corrected chi connectivity index (χ1v) is 7.29. The molecule has 0 saturated heterocycles. The molecule has 1 amide bonds. The van der Waals surface area contributed by atoms with Crippen molar-refractivity contribution < 1.29 is 19.4 Å². The van der Waals surface area contributed by atoms with Gasteiger partial charge >= 0.3 is 5.97 Å². The van der Waals surface area contributed by atoms with Gasteiger partial charge in [0.1, 0.15) is 11.3 Å². The number of nitrogens with one attached hydrogen (secondary N) is 1. The van der Waals surface area contributed by atoms with Gasteiger partial charge in [0.15, 0.2) is 0 Å². The van der Waals surface area contributed by atoms with Crippen LogP contribution in [0, 0.1) is 0 Å². The zero-order valence-electron chi connectivity index (χ0n) is 12.4. The smallest absolute Gasteiger partial charge is 0.342 e. The Morgan fingerprint density at radius 3 is 2.39 bits per heavy atom. The highest BCUT2D eigenvalue weighted by atomic mass is 35.5. The first-order valence-electron chi connectivity index (χ1n) is 6.16. The van der Waals surface area contributed by atoms with Crippen LogP contribution in [0.3, 0.4) is 0 Å². The van der Waals surface area contributed by atoms with Crippen LogP contribution >= 0.6 is 34.8 Å². The fraction of sp³-hybridized carbons (Fsp3) is 0.214. The average Bonchev–Trinajstić information content (AvgIpc) is 2.51. The van der Waals surface area contributed by atoms with E-state index in [1.54, 1.807) is 0 Å². The van der Waals surface area contributed by atoms with Crippen LogP contribution in [0.15, 0.2) is 22.4 Å². The highest BCUT2D eigenvalue weighted by Gasteiger charge is 2.20. The number of hydrogen-bond donors (Lipinski definition) is 2. The van der Waals surface area contributed by atoms with E-state index in [9.17, 15) is 14.7 Å². The predicted molar refractivity (Wildman–Crippen MR) is 90.4 cm³/mol. The fourth-order valence-electron chi connectivity index (χ4n) is 1.55. The van der Waals surface area contributed by atoms with E-state index in [4.69, 9.17) is 34.8 Å². The quantitative estimate of drug-likeness (QED) is 0.274. The first kappa shape index (κ1) is 19.3. The SMILES string of the molecule is CNC(=O)c1c(Cl)c(Cl)cc(N=CC(C(=O)OC)=C(C)O)c1Cl. The normalized spacial score (nSPS) is 12.1. The Morgan fingerprint density at radius 1 is 1.30 bits per heavy atom. The van der Waals surface area contributed by atoms with Gasteiger partial charge in [0.25, 0.3) is 5.91 Å². The number of benzene rings is 1.